The first-order valence-corrected chi connectivity index (χ1v) is 8.65. The summed E-state index contributed by atoms with van der Waals surface area (Å²) in [4.78, 5) is 11.8. The Balaban J connectivity index is 1.66. The summed E-state index contributed by atoms with van der Waals surface area (Å²) < 4.78 is 16.5. The van der Waals surface area contributed by atoms with E-state index in [0.717, 1.165) is 19.3 Å². The van der Waals surface area contributed by atoms with Crippen LogP contribution in [0, 0.1) is 11.8 Å². The zero-order valence-corrected chi connectivity index (χ0v) is 14.5. The SMILES string of the molecule is CC(C)OC(=O)C1CC1CC[C@@H](C)OC1O[C@@H](C)C(O)C[C@H]1O. The molecule has 4 unspecified atom stereocenters. The molecule has 1 aliphatic carbocycles. The molecule has 23 heavy (non-hydrogen) atoms. The van der Waals surface area contributed by atoms with Gasteiger partial charge >= 0.3 is 5.97 Å². The molecule has 6 nitrogen and oxygen atoms in total. The minimum Gasteiger partial charge on any atom is -0.463 e. The first-order valence-electron chi connectivity index (χ1n) is 8.65. The van der Waals surface area contributed by atoms with Crippen LogP contribution in [0.2, 0.25) is 0 Å². The molecular formula is C17H30O6. The molecular weight excluding hydrogens is 300 g/mol. The molecule has 0 bridgehead atoms. The average molecular weight is 330 g/mol. The van der Waals surface area contributed by atoms with Gasteiger partial charge in [0.15, 0.2) is 6.29 Å². The molecule has 0 aromatic rings. The third kappa shape index (κ3) is 5.41. The molecule has 1 heterocycles. The monoisotopic (exact) mass is 330 g/mol. The molecule has 0 amide bonds. The van der Waals surface area contributed by atoms with Gasteiger partial charge in [0.2, 0.25) is 0 Å². The van der Waals surface area contributed by atoms with Crippen molar-refractivity contribution in [2.45, 2.75) is 90.2 Å². The van der Waals surface area contributed by atoms with Crippen molar-refractivity contribution in [3.05, 3.63) is 0 Å². The smallest absolute Gasteiger partial charge is 0.309 e. The van der Waals surface area contributed by atoms with Crippen molar-refractivity contribution in [3.8, 4) is 0 Å². The average Bonchev–Trinajstić information content (AvgIpc) is 3.21. The Labute approximate surface area is 138 Å². The Kier molecular flexibility index (Phi) is 6.42. The van der Waals surface area contributed by atoms with Crippen LogP contribution in [0.1, 0.15) is 53.4 Å². The van der Waals surface area contributed by atoms with Crippen LogP contribution >= 0.6 is 0 Å². The highest BCUT2D eigenvalue weighted by Crippen LogP contribution is 2.43. The Morgan fingerprint density at radius 3 is 2.57 bits per heavy atom. The van der Waals surface area contributed by atoms with Crippen LogP contribution in [0.5, 0.6) is 0 Å². The molecule has 0 aromatic heterocycles. The number of hydrogen-bond donors (Lipinski definition) is 2. The van der Waals surface area contributed by atoms with Gasteiger partial charge in [-0.15, -0.1) is 0 Å². The largest absolute Gasteiger partial charge is 0.463 e. The molecule has 2 fully saturated rings. The lowest BCUT2D eigenvalue weighted by molar-refractivity contribution is -0.273. The summed E-state index contributed by atoms with van der Waals surface area (Å²) in [6.45, 7) is 7.43. The molecule has 2 rings (SSSR count). The number of rotatable bonds is 7. The van der Waals surface area contributed by atoms with Gasteiger partial charge in [-0.25, -0.2) is 0 Å². The van der Waals surface area contributed by atoms with Crippen LogP contribution in [0.4, 0.5) is 0 Å². The minimum atomic E-state index is -0.807. The van der Waals surface area contributed by atoms with Gasteiger partial charge in [0.25, 0.3) is 0 Å². The fraction of sp³-hybridized carbons (Fsp3) is 0.941. The fourth-order valence-electron chi connectivity index (χ4n) is 2.99. The maximum atomic E-state index is 11.8. The lowest BCUT2D eigenvalue weighted by Gasteiger charge is -2.36. The van der Waals surface area contributed by atoms with E-state index < -0.39 is 18.5 Å². The first kappa shape index (κ1) is 18.6. The summed E-state index contributed by atoms with van der Waals surface area (Å²) in [5.41, 5.74) is 0. The van der Waals surface area contributed by atoms with Crippen LogP contribution in [-0.4, -0.2) is 53.0 Å². The quantitative estimate of drug-likeness (QED) is 0.690. The highest BCUT2D eigenvalue weighted by Gasteiger charge is 2.44. The molecule has 2 aliphatic rings. The topological polar surface area (TPSA) is 85.2 Å². The zero-order chi connectivity index (χ0) is 17.1. The number of carbonyl (C=O) groups excluding carboxylic acids is 1. The molecule has 1 saturated carbocycles. The van der Waals surface area contributed by atoms with E-state index in [-0.39, 0.29) is 36.6 Å². The molecule has 6 heteroatoms. The summed E-state index contributed by atoms with van der Waals surface area (Å²) in [6.07, 6.45) is 0.248. The van der Waals surface area contributed by atoms with E-state index in [1.165, 1.54) is 0 Å². The number of aliphatic hydroxyl groups is 2. The highest BCUT2D eigenvalue weighted by molar-refractivity contribution is 5.75. The third-order valence-electron chi connectivity index (χ3n) is 4.58. The number of hydrogen-bond acceptors (Lipinski definition) is 6. The second-order valence-electron chi connectivity index (χ2n) is 7.19. The maximum absolute atomic E-state index is 11.8. The molecule has 7 atom stereocenters. The van der Waals surface area contributed by atoms with E-state index in [1.54, 1.807) is 6.92 Å². The van der Waals surface area contributed by atoms with Gasteiger partial charge in [0.1, 0.15) is 6.10 Å². The van der Waals surface area contributed by atoms with Crippen LogP contribution in [-0.2, 0) is 19.0 Å². The van der Waals surface area contributed by atoms with E-state index in [9.17, 15) is 15.0 Å². The van der Waals surface area contributed by atoms with Gasteiger partial charge in [-0.05, 0) is 52.9 Å². The van der Waals surface area contributed by atoms with E-state index in [2.05, 4.69) is 0 Å². The summed E-state index contributed by atoms with van der Waals surface area (Å²) in [7, 11) is 0. The van der Waals surface area contributed by atoms with Crippen molar-refractivity contribution < 1.29 is 29.2 Å². The van der Waals surface area contributed by atoms with Gasteiger partial charge in [0.05, 0.1) is 30.3 Å². The maximum Gasteiger partial charge on any atom is 0.309 e. The Bertz CT molecular complexity index is 399. The van der Waals surface area contributed by atoms with Crippen molar-refractivity contribution in [1.29, 1.82) is 0 Å². The van der Waals surface area contributed by atoms with Crippen molar-refractivity contribution in [2.24, 2.45) is 11.8 Å². The zero-order valence-electron chi connectivity index (χ0n) is 14.5. The Morgan fingerprint density at radius 2 is 1.91 bits per heavy atom. The second kappa shape index (κ2) is 7.92. The Hall–Kier alpha value is -0.690. The number of aliphatic hydroxyl groups excluding tert-OH is 2. The summed E-state index contributed by atoms with van der Waals surface area (Å²) >= 11 is 0. The summed E-state index contributed by atoms with van der Waals surface area (Å²) in [5, 5.41) is 19.6. The number of carbonyl (C=O) groups is 1. The van der Waals surface area contributed by atoms with Gasteiger partial charge in [-0.2, -0.15) is 0 Å². The predicted octanol–water partition coefficient (Wildman–Crippen LogP) is 1.62. The number of esters is 1. The second-order valence-corrected chi connectivity index (χ2v) is 7.19. The summed E-state index contributed by atoms with van der Waals surface area (Å²) in [6, 6.07) is 0. The third-order valence-corrected chi connectivity index (χ3v) is 4.58. The van der Waals surface area contributed by atoms with Crippen LogP contribution < -0.4 is 0 Å². The van der Waals surface area contributed by atoms with E-state index in [1.807, 2.05) is 20.8 Å². The van der Waals surface area contributed by atoms with Crippen LogP contribution in [0.15, 0.2) is 0 Å². The molecule has 0 radical (unpaired) electrons. The van der Waals surface area contributed by atoms with Gasteiger partial charge in [-0.1, -0.05) is 0 Å². The van der Waals surface area contributed by atoms with Crippen LogP contribution in [0.25, 0.3) is 0 Å². The van der Waals surface area contributed by atoms with Crippen LogP contribution in [0.3, 0.4) is 0 Å². The van der Waals surface area contributed by atoms with Gasteiger partial charge in [-0.3, -0.25) is 4.79 Å². The minimum absolute atomic E-state index is 0.0382. The van der Waals surface area contributed by atoms with Gasteiger partial charge in [0, 0.05) is 6.42 Å². The fourth-order valence-corrected chi connectivity index (χ4v) is 2.99. The van der Waals surface area contributed by atoms with E-state index in [0.29, 0.717) is 5.92 Å². The summed E-state index contributed by atoms with van der Waals surface area (Å²) in [5.74, 6) is 0.328. The highest BCUT2D eigenvalue weighted by atomic mass is 16.7. The molecule has 0 spiro atoms. The number of ether oxygens (including phenoxy) is 3. The first-order chi connectivity index (χ1) is 10.8. The lowest BCUT2D eigenvalue weighted by atomic mass is 10.0. The van der Waals surface area contributed by atoms with Crippen molar-refractivity contribution in [3.63, 3.8) is 0 Å². The van der Waals surface area contributed by atoms with Gasteiger partial charge < -0.3 is 24.4 Å². The Morgan fingerprint density at radius 1 is 1.22 bits per heavy atom. The molecule has 2 N–H and O–H groups in total. The molecule has 1 aliphatic heterocycles. The normalized spacial score (nSPS) is 38.4. The standard InChI is InChI=1S/C17H30O6/c1-9(2)21-16(20)13-7-12(13)6-5-10(3)22-17-15(19)8-14(18)11(4)23-17/h9-15,17-19H,5-8H2,1-4H3/t10-,11+,12?,13?,14?,15-,17?/m1/s1. The molecule has 134 valence electrons. The van der Waals surface area contributed by atoms with E-state index >= 15 is 0 Å². The van der Waals surface area contributed by atoms with Crippen molar-refractivity contribution >= 4 is 5.97 Å². The lowest BCUT2D eigenvalue weighted by Crippen LogP contribution is -2.48. The van der Waals surface area contributed by atoms with E-state index in [4.69, 9.17) is 14.2 Å². The molecule has 0 aromatic carbocycles. The van der Waals surface area contributed by atoms with Crippen molar-refractivity contribution in [1.82, 2.24) is 0 Å². The predicted molar refractivity (Wildman–Crippen MR) is 83.6 cm³/mol. The molecule has 1 saturated heterocycles. The van der Waals surface area contributed by atoms with Crippen molar-refractivity contribution in [2.75, 3.05) is 0 Å².